The van der Waals surface area contributed by atoms with E-state index in [9.17, 15) is 24.6 Å². The molecule has 0 radical (unpaired) electrons. The van der Waals surface area contributed by atoms with Crippen molar-refractivity contribution in [1.29, 1.82) is 0 Å². The molecule has 5 nitrogen and oxygen atoms in total. The maximum absolute atomic E-state index is 12.9. The molecule has 1 saturated carbocycles. The molecular weight excluding hydrogens is 332 g/mol. The topological polar surface area (TPSA) is 91.7 Å². The number of carbonyl (C=O) groups is 3. The Balaban J connectivity index is 3.23. The Bertz CT molecular complexity index is 571. The van der Waals surface area contributed by atoms with E-state index in [4.69, 9.17) is 0 Å². The van der Waals surface area contributed by atoms with E-state index in [0.29, 0.717) is 6.42 Å². The van der Waals surface area contributed by atoms with Crippen LogP contribution in [0.2, 0.25) is 0 Å². The summed E-state index contributed by atoms with van der Waals surface area (Å²) < 4.78 is 0. The van der Waals surface area contributed by atoms with Crippen molar-refractivity contribution < 1.29 is 24.6 Å². The van der Waals surface area contributed by atoms with Crippen molar-refractivity contribution in [3.8, 4) is 0 Å². The van der Waals surface area contributed by atoms with Crippen LogP contribution in [0.5, 0.6) is 0 Å². The van der Waals surface area contributed by atoms with Crippen LogP contribution < -0.4 is 0 Å². The van der Waals surface area contributed by atoms with Gasteiger partial charge < -0.3 is 10.2 Å². The summed E-state index contributed by atoms with van der Waals surface area (Å²) in [5, 5.41) is 21.7. The Kier molecular flexibility index (Phi) is 7.90. The fourth-order valence-electron chi connectivity index (χ4n) is 3.56. The molecule has 0 aliphatic heterocycles. The van der Waals surface area contributed by atoms with Crippen molar-refractivity contribution in [1.82, 2.24) is 0 Å². The lowest BCUT2D eigenvalue weighted by Crippen LogP contribution is -2.52. The van der Waals surface area contributed by atoms with E-state index in [1.54, 1.807) is 6.08 Å². The molecule has 3 unspecified atom stereocenters. The van der Waals surface area contributed by atoms with Gasteiger partial charge in [0.25, 0.3) is 0 Å². The molecule has 0 spiro atoms. The van der Waals surface area contributed by atoms with Gasteiger partial charge in [-0.15, -0.1) is 0 Å². The number of ketones is 3. The Morgan fingerprint density at radius 2 is 1.73 bits per heavy atom. The zero-order valence-electron chi connectivity index (χ0n) is 16.9. The van der Waals surface area contributed by atoms with Gasteiger partial charge in [0.15, 0.2) is 23.0 Å². The monoisotopic (exact) mass is 366 g/mol. The molecule has 0 saturated heterocycles. The third-order valence-electron chi connectivity index (χ3n) is 5.04. The standard InChI is InChI=1S/C21H34O5/c1-12(2)7-9-15-19(24)18(16(22)11-14(5)6)20(25)21(15,26)17(23)10-8-13(3)4/h8,12,14-15,17-18,23,26H,7,9-11H2,1-6H3/t15-,17?,18?,21?/m1/s1. The summed E-state index contributed by atoms with van der Waals surface area (Å²) in [6, 6.07) is 0. The largest absolute Gasteiger partial charge is 0.389 e. The molecule has 148 valence electrons. The second-order valence-electron chi connectivity index (χ2n) is 8.65. The summed E-state index contributed by atoms with van der Waals surface area (Å²) in [5.74, 6) is -3.98. The second-order valence-corrected chi connectivity index (χ2v) is 8.65. The van der Waals surface area contributed by atoms with Crippen LogP contribution in [0.3, 0.4) is 0 Å². The van der Waals surface area contributed by atoms with Crippen LogP contribution >= 0.6 is 0 Å². The number of hydrogen-bond acceptors (Lipinski definition) is 5. The van der Waals surface area contributed by atoms with Gasteiger partial charge in [0.2, 0.25) is 0 Å². The lowest BCUT2D eigenvalue weighted by atomic mass is 9.79. The van der Waals surface area contributed by atoms with Gasteiger partial charge >= 0.3 is 0 Å². The molecule has 1 aliphatic carbocycles. The average molecular weight is 366 g/mol. The number of aliphatic hydroxyl groups is 2. The van der Waals surface area contributed by atoms with Crippen molar-refractivity contribution in [2.24, 2.45) is 23.7 Å². The molecule has 0 aromatic heterocycles. The third-order valence-corrected chi connectivity index (χ3v) is 5.04. The minimum absolute atomic E-state index is 0.0153. The van der Waals surface area contributed by atoms with Crippen LogP contribution in [0.25, 0.3) is 0 Å². The first kappa shape index (κ1) is 22.7. The third kappa shape index (κ3) is 4.89. The molecule has 4 atom stereocenters. The summed E-state index contributed by atoms with van der Waals surface area (Å²) in [6.07, 6.45) is 1.43. The number of aliphatic hydroxyl groups excluding tert-OH is 1. The summed E-state index contributed by atoms with van der Waals surface area (Å²) >= 11 is 0. The number of rotatable bonds is 9. The van der Waals surface area contributed by atoms with Gasteiger partial charge in [-0.3, -0.25) is 14.4 Å². The van der Waals surface area contributed by atoms with E-state index in [1.165, 1.54) is 0 Å². The Morgan fingerprint density at radius 3 is 2.19 bits per heavy atom. The van der Waals surface area contributed by atoms with Gasteiger partial charge in [-0.2, -0.15) is 0 Å². The van der Waals surface area contributed by atoms with E-state index in [2.05, 4.69) is 0 Å². The minimum Gasteiger partial charge on any atom is -0.389 e. The van der Waals surface area contributed by atoms with Gasteiger partial charge in [0, 0.05) is 6.42 Å². The molecule has 0 heterocycles. The van der Waals surface area contributed by atoms with Crippen LogP contribution in [0.15, 0.2) is 11.6 Å². The van der Waals surface area contributed by atoms with E-state index < -0.39 is 40.9 Å². The maximum atomic E-state index is 12.9. The second kappa shape index (κ2) is 9.05. The van der Waals surface area contributed by atoms with Crippen molar-refractivity contribution >= 4 is 17.3 Å². The van der Waals surface area contributed by atoms with Gasteiger partial charge in [0.1, 0.15) is 5.92 Å². The van der Waals surface area contributed by atoms with Crippen molar-refractivity contribution in [2.75, 3.05) is 0 Å². The quantitative estimate of drug-likeness (QED) is 0.483. The predicted octanol–water partition coefficient (Wildman–Crippen LogP) is 2.87. The molecular formula is C21H34O5. The fraction of sp³-hybridized carbons (Fsp3) is 0.762. The number of hydrogen-bond donors (Lipinski definition) is 2. The van der Waals surface area contributed by atoms with Gasteiger partial charge in [0.05, 0.1) is 12.0 Å². The predicted molar refractivity (Wildman–Crippen MR) is 101 cm³/mol. The van der Waals surface area contributed by atoms with E-state index in [1.807, 2.05) is 41.5 Å². The smallest absolute Gasteiger partial charge is 0.185 e. The van der Waals surface area contributed by atoms with E-state index in [0.717, 1.165) is 5.57 Å². The van der Waals surface area contributed by atoms with Gasteiger partial charge in [-0.1, -0.05) is 45.8 Å². The SMILES string of the molecule is CC(C)=CCC(O)C1(O)C(=O)C(C(=O)CC(C)C)C(=O)[C@H]1CCC(C)C. The molecule has 0 amide bonds. The Morgan fingerprint density at radius 1 is 1.15 bits per heavy atom. The molecule has 0 bridgehead atoms. The Labute approximate surface area is 156 Å². The highest BCUT2D eigenvalue weighted by Crippen LogP contribution is 2.41. The number of allylic oxidation sites excluding steroid dienone is 1. The first-order valence-corrected chi connectivity index (χ1v) is 9.57. The minimum atomic E-state index is -2.19. The maximum Gasteiger partial charge on any atom is 0.185 e. The zero-order valence-corrected chi connectivity index (χ0v) is 16.9. The lowest BCUT2D eigenvalue weighted by molar-refractivity contribution is -0.156. The average Bonchev–Trinajstić information content (AvgIpc) is 2.69. The van der Waals surface area contributed by atoms with Crippen molar-refractivity contribution in [2.45, 2.75) is 78.9 Å². The highest BCUT2D eigenvalue weighted by atomic mass is 16.4. The van der Waals surface area contributed by atoms with Crippen LogP contribution in [0.1, 0.15) is 67.2 Å². The molecule has 0 aromatic rings. The van der Waals surface area contributed by atoms with Crippen LogP contribution in [-0.2, 0) is 14.4 Å². The summed E-state index contributed by atoms with van der Waals surface area (Å²) in [4.78, 5) is 38.3. The first-order chi connectivity index (χ1) is 11.9. The normalized spacial score (nSPS) is 27.3. The highest BCUT2D eigenvalue weighted by Gasteiger charge is 2.63. The highest BCUT2D eigenvalue weighted by molar-refractivity contribution is 6.27. The fourth-order valence-corrected chi connectivity index (χ4v) is 3.56. The molecule has 26 heavy (non-hydrogen) atoms. The summed E-state index contributed by atoms with van der Waals surface area (Å²) in [6.45, 7) is 11.4. The summed E-state index contributed by atoms with van der Waals surface area (Å²) in [7, 11) is 0. The van der Waals surface area contributed by atoms with E-state index >= 15 is 0 Å². The molecule has 1 rings (SSSR count). The molecule has 1 aliphatic rings. The molecule has 0 aromatic carbocycles. The lowest BCUT2D eigenvalue weighted by Gasteiger charge is -2.32. The van der Waals surface area contributed by atoms with Gasteiger partial charge in [-0.25, -0.2) is 0 Å². The van der Waals surface area contributed by atoms with Crippen LogP contribution in [0, 0.1) is 23.7 Å². The zero-order chi connectivity index (χ0) is 20.2. The number of Topliss-reactive ketones (excluding diaryl/α,β-unsaturated/α-hetero) is 3. The van der Waals surface area contributed by atoms with E-state index in [-0.39, 0.29) is 31.1 Å². The summed E-state index contributed by atoms with van der Waals surface area (Å²) in [5.41, 5.74) is -1.24. The molecule has 2 N–H and O–H groups in total. The van der Waals surface area contributed by atoms with Gasteiger partial charge in [-0.05, 0) is 38.5 Å². The van der Waals surface area contributed by atoms with Crippen molar-refractivity contribution in [3.05, 3.63) is 11.6 Å². The first-order valence-electron chi connectivity index (χ1n) is 9.57. The van der Waals surface area contributed by atoms with Crippen LogP contribution in [0.4, 0.5) is 0 Å². The molecule has 1 fully saturated rings. The van der Waals surface area contributed by atoms with Crippen molar-refractivity contribution in [3.63, 3.8) is 0 Å². The van der Waals surface area contributed by atoms with Crippen LogP contribution in [-0.4, -0.2) is 39.3 Å². The Hall–Kier alpha value is -1.33. The number of carbonyl (C=O) groups excluding carboxylic acids is 3. The molecule has 5 heteroatoms.